The predicted octanol–water partition coefficient (Wildman–Crippen LogP) is 6.37. The monoisotopic (exact) mass is 696 g/mol. The number of hydrazone groups is 1. The van der Waals surface area contributed by atoms with Gasteiger partial charge in [0.15, 0.2) is 22.5 Å². The number of hydrogen-bond donors (Lipinski definition) is 1. The zero-order chi connectivity index (χ0) is 34.5. The van der Waals surface area contributed by atoms with E-state index in [1.54, 1.807) is 27.4 Å². The molecule has 1 atom stereocenters. The normalized spacial score (nSPS) is 14.0. The van der Waals surface area contributed by atoms with E-state index in [0.717, 1.165) is 39.4 Å². The fraction of sp³-hybridized carbons (Fsp3) is 0.250. The molecule has 1 N–H and O–H groups in total. The number of amides is 2. The number of thiophene rings is 1. The van der Waals surface area contributed by atoms with Gasteiger partial charge in [-0.15, -0.1) is 21.5 Å². The van der Waals surface area contributed by atoms with Gasteiger partial charge in [0.25, 0.3) is 11.8 Å². The van der Waals surface area contributed by atoms with Crippen LogP contribution in [-0.2, 0) is 11.3 Å². The molecule has 1 aliphatic heterocycles. The molecule has 11 nitrogen and oxygen atoms in total. The van der Waals surface area contributed by atoms with Crippen LogP contribution < -0.4 is 19.5 Å². The molecule has 0 saturated heterocycles. The number of para-hydroxylation sites is 1. The molecule has 0 unspecified atom stereocenters. The lowest BCUT2D eigenvalue weighted by molar-refractivity contribution is -0.130. The molecule has 2 amide bonds. The van der Waals surface area contributed by atoms with Crippen LogP contribution in [0.2, 0.25) is 0 Å². The van der Waals surface area contributed by atoms with Crippen molar-refractivity contribution in [2.75, 3.05) is 27.1 Å². The number of aryl methyl sites for hydroxylation is 1. The van der Waals surface area contributed by atoms with Gasteiger partial charge < -0.3 is 19.5 Å². The standard InChI is InChI=1S/C36H36N6O5S2/c1-22-9-6-11-28(23(22)2)41-32(20-37-35(44)31-13-8-18-48-31)38-39-36(41)49-21-33(43)42-29(26-10-7-12-30(46-4)34(26)47-5)19-27(40-42)24-14-16-25(45-3)17-15-24/h6-18,29H,19-21H2,1-5H3,(H,37,44)/t29-/m0/s1. The fourth-order valence-electron chi connectivity index (χ4n) is 5.69. The highest BCUT2D eigenvalue weighted by molar-refractivity contribution is 7.99. The molecule has 0 bridgehead atoms. The minimum Gasteiger partial charge on any atom is -0.497 e. The summed E-state index contributed by atoms with van der Waals surface area (Å²) in [7, 11) is 4.80. The van der Waals surface area contributed by atoms with Gasteiger partial charge in [0, 0.05) is 12.0 Å². The minimum absolute atomic E-state index is 0.0345. The largest absolute Gasteiger partial charge is 0.497 e. The van der Waals surface area contributed by atoms with Gasteiger partial charge in [-0.25, -0.2) is 5.01 Å². The number of ether oxygens (including phenoxy) is 3. The summed E-state index contributed by atoms with van der Waals surface area (Å²) in [6, 6.07) is 22.4. The molecule has 2 aromatic heterocycles. The highest BCUT2D eigenvalue weighted by Gasteiger charge is 2.36. The fourth-order valence-corrected chi connectivity index (χ4v) is 7.15. The van der Waals surface area contributed by atoms with E-state index in [1.807, 2.05) is 90.5 Å². The van der Waals surface area contributed by atoms with Gasteiger partial charge in [0.2, 0.25) is 0 Å². The minimum atomic E-state index is -0.435. The lowest BCUT2D eigenvalue weighted by Gasteiger charge is -2.24. The van der Waals surface area contributed by atoms with Gasteiger partial charge >= 0.3 is 0 Å². The second-order valence-electron chi connectivity index (χ2n) is 11.2. The summed E-state index contributed by atoms with van der Waals surface area (Å²) in [5, 5.41) is 20.7. The molecular formula is C36H36N6O5S2. The summed E-state index contributed by atoms with van der Waals surface area (Å²) in [6.45, 7) is 4.23. The molecule has 6 rings (SSSR count). The van der Waals surface area contributed by atoms with Gasteiger partial charge in [-0.05, 0) is 78.4 Å². The Labute approximate surface area is 292 Å². The van der Waals surface area contributed by atoms with Crippen LogP contribution in [0.5, 0.6) is 17.2 Å². The van der Waals surface area contributed by atoms with Crippen LogP contribution in [0, 0.1) is 13.8 Å². The molecule has 5 aromatic rings. The molecule has 3 heterocycles. The summed E-state index contributed by atoms with van der Waals surface area (Å²) in [5.74, 6) is 2.03. The molecule has 1 aliphatic rings. The number of benzene rings is 3. The van der Waals surface area contributed by atoms with E-state index in [2.05, 4.69) is 15.5 Å². The van der Waals surface area contributed by atoms with Crippen molar-refractivity contribution in [3.63, 3.8) is 0 Å². The Morgan fingerprint density at radius 3 is 2.45 bits per heavy atom. The Morgan fingerprint density at radius 1 is 0.939 bits per heavy atom. The van der Waals surface area contributed by atoms with Crippen LogP contribution in [-0.4, -0.2) is 64.4 Å². The van der Waals surface area contributed by atoms with Gasteiger partial charge in [-0.2, -0.15) is 5.10 Å². The zero-order valence-electron chi connectivity index (χ0n) is 27.8. The van der Waals surface area contributed by atoms with Crippen molar-refractivity contribution in [3.05, 3.63) is 111 Å². The van der Waals surface area contributed by atoms with Crippen molar-refractivity contribution in [2.24, 2.45) is 5.10 Å². The van der Waals surface area contributed by atoms with Crippen LogP contribution >= 0.6 is 23.1 Å². The number of nitrogens with one attached hydrogen (secondary N) is 1. The first-order valence-corrected chi connectivity index (χ1v) is 17.4. The molecule has 252 valence electrons. The summed E-state index contributed by atoms with van der Waals surface area (Å²) in [5.41, 5.74) is 5.45. The van der Waals surface area contributed by atoms with Crippen molar-refractivity contribution >= 4 is 40.6 Å². The second kappa shape index (κ2) is 15.0. The Morgan fingerprint density at radius 2 is 1.73 bits per heavy atom. The van der Waals surface area contributed by atoms with Crippen molar-refractivity contribution in [1.82, 2.24) is 25.1 Å². The van der Waals surface area contributed by atoms with E-state index in [-0.39, 0.29) is 24.1 Å². The SMILES string of the molecule is COc1ccc(C2=NN(C(=O)CSc3nnc(CNC(=O)c4cccs4)n3-c3cccc(C)c3C)[C@H](c3cccc(OC)c3OC)C2)cc1. The number of methoxy groups -OCH3 is 3. The molecule has 0 fully saturated rings. The summed E-state index contributed by atoms with van der Waals surface area (Å²) in [6.07, 6.45) is 0.471. The Bertz CT molecular complexity index is 1990. The van der Waals surface area contributed by atoms with Crippen LogP contribution in [0.15, 0.2) is 88.4 Å². The second-order valence-corrected chi connectivity index (χ2v) is 13.1. The highest BCUT2D eigenvalue weighted by Crippen LogP contribution is 2.42. The predicted molar refractivity (Wildman–Crippen MR) is 190 cm³/mol. The molecule has 0 radical (unpaired) electrons. The van der Waals surface area contributed by atoms with E-state index in [9.17, 15) is 9.59 Å². The summed E-state index contributed by atoms with van der Waals surface area (Å²) in [4.78, 5) is 27.5. The van der Waals surface area contributed by atoms with E-state index >= 15 is 0 Å². The lowest BCUT2D eigenvalue weighted by atomic mass is 9.97. The van der Waals surface area contributed by atoms with Crippen LogP contribution in [0.3, 0.4) is 0 Å². The quantitative estimate of drug-likeness (QED) is 0.150. The smallest absolute Gasteiger partial charge is 0.261 e. The van der Waals surface area contributed by atoms with Gasteiger partial charge in [-0.1, -0.05) is 42.1 Å². The number of carbonyl (C=O) groups excluding carboxylic acids is 2. The molecule has 0 saturated carbocycles. The maximum Gasteiger partial charge on any atom is 0.261 e. The highest BCUT2D eigenvalue weighted by atomic mass is 32.2. The van der Waals surface area contributed by atoms with Gasteiger partial charge in [0.1, 0.15) is 5.75 Å². The maximum absolute atomic E-state index is 14.1. The number of rotatable bonds is 12. The number of aromatic nitrogens is 3. The van der Waals surface area contributed by atoms with Crippen molar-refractivity contribution in [1.29, 1.82) is 0 Å². The van der Waals surface area contributed by atoms with Crippen molar-refractivity contribution < 1.29 is 23.8 Å². The van der Waals surface area contributed by atoms with E-state index in [4.69, 9.17) is 19.3 Å². The first kappa shape index (κ1) is 33.7. The first-order chi connectivity index (χ1) is 23.8. The summed E-state index contributed by atoms with van der Waals surface area (Å²) < 4.78 is 18.6. The third-order valence-electron chi connectivity index (χ3n) is 8.38. The molecule has 0 spiro atoms. The Kier molecular flexibility index (Phi) is 10.3. The number of thioether (sulfide) groups is 1. The molecule has 0 aliphatic carbocycles. The molecule has 13 heteroatoms. The van der Waals surface area contributed by atoms with Crippen molar-refractivity contribution in [3.8, 4) is 22.9 Å². The van der Waals surface area contributed by atoms with Crippen molar-refractivity contribution in [2.45, 2.75) is 38.0 Å². The maximum atomic E-state index is 14.1. The zero-order valence-corrected chi connectivity index (χ0v) is 29.4. The first-order valence-electron chi connectivity index (χ1n) is 15.5. The molecular weight excluding hydrogens is 661 g/mol. The summed E-state index contributed by atoms with van der Waals surface area (Å²) >= 11 is 2.64. The number of carbonyl (C=O) groups is 2. The van der Waals surface area contributed by atoms with Crippen LogP contribution in [0.4, 0.5) is 0 Å². The van der Waals surface area contributed by atoms with Crippen LogP contribution in [0.25, 0.3) is 5.69 Å². The average molecular weight is 697 g/mol. The average Bonchev–Trinajstić information content (AvgIpc) is 3.91. The van der Waals surface area contributed by atoms with Gasteiger partial charge in [-0.3, -0.25) is 14.2 Å². The van der Waals surface area contributed by atoms with E-state index < -0.39 is 6.04 Å². The Hall–Kier alpha value is -5.14. The third-order valence-corrected chi connectivity index (χ3v) is 10.2. The third kappa shape index (κ3) is 7.03. The molecule has 49 heavy (non-hydrogen) atoms. The molecule has 3 aromatic carbocycles. The Balaban J connectivity index is 1.30. The van der Waals surface area contributed by atoms with E-state index in [0.29, 0.717) is 33.8 Å². The lowest BCUT2D eigenvalue weighted by Crippen LogP contribution is -2.29. The topological polar surface area (TPSA) is 120 Å². The van der Waals surface area contributed by atoms with E-state index in [1.165, 1.54) is 28.1 Å². The number of nitrogens with zero attached hydrogens (tertiary/aromatic N) is 5. The van der Waals surface area contributed by atoms with Gasteiger partial charge in [0.05, 0.1) is 55.9 Å². The number of hydrogen-bond acceptors (Lipinski definition) is 10. The van der Waals surface area contributed by atoms with Crippen LogP contribution in [0.1, 0.15) is 50.2 Å².